The summed E-state index contributed by atoms with van der Waals surface area (Å²) in [5.74, 6) is -0.561. The van der Waals surface area contributed by atoms with E-state index < -0.39 is 22.0 Å². The Balaban J connectivity index is 2.59. The maximum Gasteiger partial charge on any atom is 0.306 e. The fourth-order valence-corrected chi connectivity index (χ4v) is 3.89. The van der Waals surface area contributed by atoms with E-state index in [2.05, 4.69) is 4.74 Å². The molecule has 0 bridgehead atoms. The van der Waals surface area contributed by atoms with Crippen molar-refractivity contribution in [1.29, 1.82) is 0 Å². The van der Waals surface area contributed by atoms with E-state index in [9.17, 15) is 18.3 Å². The Morgan fingerprint density at radius 1 is 1.47 bits per heavy atom. The van der Waals surface area contributed by atoms with Crippen molar-refractivity contribution in [2.75, 3.05) is 31.7 Å². The summed E-state index contributed by atoms with van der Waals surface area (Å²) < 4.78 is 27.3. The minimum atomic E-state index is -3.15. The number of nitrogens with zero attached hydrogens (tertiary/aromatic N) is 1. The molecule has 0 saturated carbocycles. The predicted molar refractivity (Wildman–Crippen MR) is 62.3 cm³/mol. The zero-order chi connectivity index (χ0) is 13.1. The molecule has 1 rings (SSSR count). The summed E-state index contributed by atoms with van der Waals surface area (Å²) in [6.07, 6.45) is -0.661. The van der Waals surface area contributed by atoms with Crippen molar-refractivity contribution in [2.45, 2.75) is 25.5 Å². The summed E-state index contributed by atoms with van der Waals surface area (Å²) in [5, 5.41) is 9.71. The van der Waals surface area contributed by atoms with Crippen LogP contribution in [0.2, 0.25) is 0 Å². The van der Waals surface area contributed by atoms with Gasteiger partial charge in [-0.2, -0.15) is 0 Å². The number of hydrogen-bond acceptors (Lipinski definition) is 6. The van der Waals surface area contributed by atoms with Gasteiger partial charge >= 0.3 is 5.97 Å². The highest BCUT2D eigenvalue weighted by Gasteiger charge is 2.39. The Morgan fingerprint density at radius 2 is 2.12 bits per heavy atom. The molecule has 2 atom stereocenters. The molecular formula is C10H19NO5S. The van der Waals surface area contributed by atoms with Gasteiger partial charge in [-0.3, -0.25) is 9.69 Å². The highest BCUT2D eigenvalue weighted by atomic mass is 32.2. The van der Waals surface area contributed by atoms with Gasteiger partial charge in [0.25, 0.3) is 0 Å². The van der Waals surface area contributed by atoms with Crippen molar-refractivity contribution in [3.63, 3.8) is 0 Å². The number of likely N-dealkylation sites (N-methyl/N-ethyl adjacent to an activating group) is 1. The molecule has 6 nitrogen and oxygen atoms in total. The lowest BCUT2D eigenvalue weighted by Gasteiger charge is -2.28. The third-order valence-electron chi connectivity index (χ3n) is 3.00. The first-order valence-corrected chi connectivity index (χ1v) is 7.41. The summed E-state index contributed by atoms with van der Waals surface area (Å²) in [6.45, 7) is 2.86. The van der Waals surface area contributed by atoms with Gasteiger partial charge in [0.15, 0.2) is 9.84 Å². The highest BCUT2D eigenvalue weighted by Crippen LogP contribution is 2.18. The number of aliphatic hydroxyl groups excluding tert-OH is 1. The smallest absolute Gasteiger partial charge is 0.306 e. The lowest BCUT2D eigenvalue weighted by atomic mass is 10.1. The largest absolute Gasteiger partial charge is 0.469 e. The molecule has 1 heterocycles. The summed E-state index contributed by atoms with van der Waals surface area (Å²) in [7, 11) is -1.84. The molecule has 2 unspecified atom stereocenters. The maximum absolute atomic E-state index is 11.4. The van der Waals surface area contributed by atoms with Crippen molar-refractivity contribution in [3.8, 4) is 0 Å². The molecule has 1 aliphatic rings. The van der Waals surface area contributed by atoms with Crippen molar-refractivity contribution >= 4 is 15.8 Å². The second-order valence-electron chi connectivity index (χ2n) is 4.17. The Kier molecular flexibility index (Phi) is 4.91. The molecule has 0 radical (unpaired) electrons. The summed E-state index contributed by atoms with van der Waals surface area (Å²) in [4.78, 5) is 12.8. The highest BCUT2D eigenvalue weighted by molar-refractivity contribution is 7.91. The fraction of sp³-hybridized carbons (Fsp3) is 0.900. The van der Waals surface area contributed by atoms with E-state index in [1.807, 2.05) is 11.8 Å². The molecular weight excluding hydrogens is 246 g/mol. The molecule has 0 aromatic heterocycles. The molecule has 0 aromatic carbocycles. The van der Waals surface area contributed by atoms with Gasteiger partial charge in [-0.1, -0.05) is 6.92 Å². The molecule has 1 aliphatic heterocycles. The van der Waals surface area contributed by atoms with Gasteiger partial charge in [0.2, 0.25) is 0 Å². The first kappa shape index (κ1) is 14.4. The van der Waals surface area contributed by atoms with Crippen molar-refractivity contribution < 1.29 is 23.1 Å². The van der Waals surface area contributed by atoms with E-state index in [1.165, 1.54) is 7.11 Å². The third kappa shape index (κ3) is 3.93. The van der Waals surface area contributed by atoms with Gasteiger partial charge in [-0.25, -0.2) is 8.42 Å². The average molecular weight is 265 g/mol. The monoisotopic (exact) mass is 265 g/mol. The van der Waals surface area contributed by atoms with Crippen LogP contribution >= 0.6 is 0 Å². The molecule has 0 spiro atoms. The van der Waals surface area contributed by atoms with Crippen LogP contribution in [0.1, 0.15) is 13.3 Å². The predicted octanol–water partition coefficient (Wildman–Crippen LogP) is -0.971. The van der Waals surface area contributed by atoms with Crippen LogP contribution in [0.4, 0.5) is 0 Å². The lowest BCUT2D eigenvalue weighted by Crippen LogP contribution is -2.44. The van der Waals surface area contributed by atoms with Gasteiger partial charge in [0.05, 0.1) is 37.2 Å². The average Bonchev–Trinajstić information content (AvgIpc) is 2.53. The van der Waals surface area contributed by atoms with E-state index in [-0.39, 0.29) is 23.9 Å². The second-order valence-corrected chi connectivity index (χ2v) is 6.32. The standard InChI is InChI=1S/C10H19NO5S/c1-3-11(5-4-10(13)16-2)8-6-17(14,15)7-9(8)12/h8-9,12H,3-7H2,1-2H3. The minimum absolute atomic E-state index is 0.0385. The molecule has 1 saturated heterocycles. The zero-order valence-electron chi connectivity index (χ0n) is 10.1. The van der Waals surface area contributed by atoms with Crippen molar-refractivity contribution in [1.82, 2.24) is 4.90 Å². The molecule has 7 heteroatoms. The van der Waals surface area contributed by atoms with E-state index in [0.29, 0.717) is 13.1 Å². The van der Waals surface area contributed by atoms with E-state index in [4.69, 9.17) is 0 Å². The van der Waals surface area contributed by atoms with Gasteiger partial charge in [-0.05, 0) is 6.54 Å². The normalized spacial score (nSPS) is 27.3. The number of ether oxygens (including phenoxy) is 1. The number of rotatable bonds is 5. The molecule has 1 fully saturated rings. The summed E-state index contributed by atoms with van der Waals surface area (Å²) in [6, 6.07) is -0.408. The Morgan fingerprint density at radius 3 is 2.53 bits per heavy atom. The first-order chi connectivity index (χ1) is 7.89. The number of carbonyl (C=O) groups excluding carboxylic acids is 1. The van der Waals surface area contributed by atoms with Crippen LogP contribution in [0.5, 0.6) is 0 Å². The van der Waals surface area contributed by atoms with Crippen LogP contribution in [0, 0.1) is 0 Å². The Labute approximate surface area is 101 Å². The molecule has 17 heavy (non-hydrogen) atoms. The van der Waals surface area contributed by atoms with Crippen LogP contribution in [0.15, 0.2) is 0 Å². The van der Waals surface area contributed by atoms with Gasteiger partial charge in [0.1, 0.15) is 0 Å². The van der Waals surface area contributed by atoms with E-state index in [0.717, 1.165) is 0 Å². The Bertz CT molecular complexity index is 367. The topological polar surface area (TPSA) is 83.9 Å². The number of hydrogen-bond donors (Lipinski definition) is 1. The quantitative estimate of drug-likeness (QED) is 0.644. The number of carbonyl (C=O) groups is 1. The SMILES string of the molecule is CCN(CCC(=O)OC)C1CS(=O)(=O)CC1O. The molecule has 1 N–H and O–H groups in total. The number of methoxy groups -OCH3 is 1. The third-order valence-corrected chi connectivity index (χ3v) is 4.70. The van der Waals surface area contributed by atoms with Crippen LogP contribution < -0.4 is 0 Å². The van der Waals surface area contributed by atoms with Crippen molar-refractivity contribution in [3.05, 3.63) is 0 Å². The Hall–Kier alpha value is -0.660. The number of sulfone groups is 1. The lowest BCUT2D eigenvalue weighted by molar-refractivity contribution is -0.141. The molecule has 0 aromatic rings. The summed E-state index contributed by atoms with van der Waals surface area (Å²) >= 11 is 0. The molecule has 100 valence electrons. The van der Waals surface area contributed by atoms with Gasteiger partial charge < -0.3 is 9.84 Å². The van der Waals surface area contributed by atoms with Crippen LogP contribution in [-0.4, -0.2) is 68.2 Å². The molecule has 0 amide bonds. The van der Waals surface area contributed by atoms with E-state index in [1.54, 1.807) is 0 Å². The van der Waals surface area contributed by atoms with Crippen LogP contribution in [-0.2, 0) is 19.4 Å². The number of esters is 1. The van der Waals surface area contributed by atoms with Gasteiger partial charge in [0, 0.05) is 6.54 Å². The van der Waals surface area contributed by atoms with Crippen molar-refractivity contribution in [2.24, 2.45) is 0 Å². The maximum atomic E-state index is 11.4. The summed E-state index contributed by atoms with van der Waals surface area (Å²) in [5.41, 5.74) is 0. The van der Waals surface area contributed by atoms with E-state index >= 15 is 0 Å². The second kappa shape index (κ2) is 5.79. The van der Waals surface area contributed by atoms with Crippen LogP contribution in [0.3, 0.4) is 0 Å². The number of aliphatic hydroxyl groups is 1. The fourth-order valence-electron chi connectivity index (χ4n) is 2.05. The first-order valence-electron chi connectivity index (χ1n) is 5.59. The van der Waals surface area contributed by atoms with Crippen LogP contribution in [0.25, 0.3) is 0 Å². The zero-order valence-corrected chi connectivity index (χ0v) is 10.9. The molecule has 0 aliphatic carbocycles. The minimum Gasteiger partial charge on any atom is -0.469 e. The van der Waals surface area contributed by atoms with Gasteiger partial charge in [-0.15, -0.1) is 0 Å².